The molecule has 14 heavy (non-hydrogen) atoms. The first kappa shape index (κ1) is 11.5. The zero-order valence-electron chi connectivity index (χ0n) is 8.99. The van der Waals surface area contributed by atoms with Crippen LogP contribution < -0.4 is 5.73 Å². The molecule has 0 aromatic heterocycles. The summed E-state index contributed by atoms with van der Waals surface area (Å²) in [6.45, 7) is 6.50. The van der Waals surface area contributed by atoms with Gasteiger partial charge in [0, 0.05) is 13.1 Å². The Morgan fingerprint density at radius 2 is 2.29 bits per heavy atom. The van der Waals surface area contributed by atoms with Crippen LogP contribution in [0.1, 0.15) is 26.7 Å². The van der Waals surface area contributed by atoms with Crippen LogP contribution in [0.5, 0.6) is 0 Å². The maximum absolute atomic E-state index is 11.1. The lowest BCUT2D eigenvalue weighted by molar-refractivity contribution is -0.142. The molecule has 82 valence electrons. The number of likely N-dealkylation sites (tertiary alicyclic amines) is 1. The van der Waals surface area contributed by atoms with Crippen molar-refractivity contribution in [1.29, 1.82) is 0 Å². The smallest absolute Gasteiger partial charge is 0.250 e. The number of carbonyl (C=O) groups is 1. The molecule has 0 saturated carbocycles. The van der Waals surface area contributed by atoms with Crippen LogP contribution in [-0.2, 0) is 4.79 Å². The first-order valence-electron chi connectivity index (χ1n) is 5.19. The van der Waals surface area contributed by atoms with Crippen molar-refractivity contribution >= 4 is 5.91 Å². The summed E-state index contributed by atoms with van der Waals surface area (Å²) in [5.41, 5.74) is 3.88. The van der Waals surface area contributed by atoms with Gasteiger partial charge in [-0.15, -0.1) is 0 Å². The van der Waals surface area contributed by atoms with Gasteiger partial charge in [0.05, 0.1) is 0 Å². The second-order valence-electron chi connectivity index (χ2n) is 4.63. The molecule has 1 atom stereocenters. The van der Waals surface area contributed by atoms with Crippen LogP contribution in [-0.4, -0.2) is 41.1 Å². The first-order valence-corrected chi connectivity index (χ1v) is 5.19. The summed E-state index contributed by atoms with van der Waals surface area (Å²) in [6, 6.07) is 0. The van der Waals surface area contributed by atoms with Crippen LogP contribution in [0.3, 0.4) is 0 Å². The number of amides is 1. The van der Waals surface area contributed by atoms with Gasteiger partial charge in [-0.25, -0.2) is 0 Å². The topological polar surface area (TPSA) is 66.6 Å². The number of nitrogens with zero attached hydrogens (tertiary/aromatic N) is 1. The molecule has 1 heterocycles. The number of aliphatic hydroxyl groups is 1. The summed E-state index contributed by atoms with van der Waals surface area (Å²) in [4.78, 5) is 13.2. The van der Waals surface area contributed by atoms with Crippen LogP contribution in [0.15, 0.2) is 0 Å². The van der Waals surface area contributed by atoms with Gasteiger partial charge in [-0.1, -0.05) is 13.8 Å². The van der Waals surface area contributed by atoms with Gasteiger partial charge in [0.1, 0.15) is 0 Å². The molecule has 0 aromatic carbocycles. The van der Waals surface area contributed by atoms with Crippen molar-refractivity contribution in [2.45, 2.75) is 32.3 Å². The van der Waals surface area contributed by atoms with Gasteiger partial charge < -0.3 is 10.8 Å². The first-order chi connectivity index (χ1) is 6.44. The van der Waals surface area contributed by atoms with Gasteiger partial charge >= 0.3 is 0 Å². The third-order valence-electron chi connectivity index (χ3n) is 2.63. The van der Waals surface area contributed by atoms with E-state index in [-0.39, 0.29) is 0 Å². The molecule has 4 nitrogen and oxygen atoms in total. The van der Waals surface area contributed by atoms with Gasteiger partial charge in [-0.2, -0.15) is 0 Å². The molecule has 4 heteroatoms. The van der Waals surface area contributed by atoms with Crippen molar-refractivity contribution in [3.8, 4) is 0 Å². The van der Waals surface area contributed by atoms with Crippen LogP contribution in [0.4, 0.5) is 0 Å². The highest BCUT2D eigenvalue weighted by Crippen LogP contribution is 2.21. The summed E-state index contributed by atoms with van der Waals surface area (Å²) < 4.78 is 0. The fraction of sp³-hybridized carbons (Fsp3) is 0.900. The predicted octanol–water partition coefficient (Wildman–Crippen LogP) is -0.0454. The second kappa shape index (κ2) is 4.28. The Kier molecular flexibility index (Phi) is 3.50. The number of rotatable bonds is 3. The van der Waals surface area contributed by atoms with Crippen molar-refractivity contribution < 1.29 is 9.90 Å². The molecule has 0 aromatic rings. The minimum Gasteiger partial charge on any atom is -0.379 e. The van der Waals surface area contributed by atoms with E-state index in [1.165, 1.54) is 0 Å². The highest BCUT2D eigenvalue weighted by atomic mass is 16.3. The van der Waals surface area contributed by atoms with E-state index in [1.54, 1.807) is 0 Å². The average molecular weight is 200 g/mol. The third kappa shape index (κ3) is 2.69. The van der Waals surface area contributed by atoms with E-state index >= 15 is 0 Å². The molecule has 1 aliphatic heterocycles. The molecular weight excluding hydrogens is 180 g/mol. The molecule has 0 bridgehead atoms. The maximum atomic E-state index is 11.1. The highest BCUT2D eigenvalue weighted by molar-refractivity contribution is 5.83. The summed E-state index contributed by atoms with van der Waals surface area (Å²) in [5.74, 6) is -0.0452. The van der Waals surface area contributed by atoms with Gasteiger partial charge in [0.25, 0.3) is 5.91 Å². The standard InChI is InChI=1S/C10H20N2O2/c1-8(2)6-12-5-3-4-10(14,7-12)9(11)13/h8,14H,3-7H2,1-2H3,(H2,11,13). The largest absolute Gasteiger partial charge is 0.379 e. The van der Waals surface area contributed by atoms with Crippen LogP contribution in [0.25, 0.3) is 0 Å². The fourth-order valence-corrected chi connectivity index (χ4v) is 2.00. The number of hydrogen-bond acceptors (Lipinski definition) is 3. The molecule has 1 unspecified atom stereocenters. The molecule has 1 aliphatic rings. The zero-order chi connectivity index (χ0) is 10.8. The van der Waals surface area contributed by atoms with Gasteiger partial charge in [-0.3, -0.25) is 9.69 Å². The maximum Gasteiger partial charge on any atom is 0.250 e. The monoisotopic (exact) mass is 200 g/mol. The quantitative estimate of drug-likeness (QED) is 0.671. The summed E-state index contributed by atoms with van der Waals surface area (Å²) in [5, 5.41) is 9.92. The third-order valence-corrected chi connectivity index (χ3v) is 2.63. The Morgan fingerprint density at radius 3 is 2.79 bits per heavy atom. The highest BCUT2D eigenvalue weighted by Gasteiger charge is 2.38. The Balaban J connectivity index is 2.55. The number of piperidine rings is 1. The summed E-state index contributed by atoms with van der Waals surface area (Å²) in [6.07, 6.45) is 1.34. The van der Waals surface area contributed by atoms with E-state index in [4.69, 9.17) is 5.73 Å². The van der Waals surface area contributed by atoms with Crippen molar-refractivity contribution in [2.75, 3.05) is 19.6 Å². The lowest BCUT2D eigenvalue weighted by Gasteiger charge is -2.37. The zero-order valence-corrected chi connectivity index (χ0v) is 8.99. The SMILES string of the molecule is CC(C)CN1CCCC(O)(C(N)=O)C1. The fourth-order valence-electron chi connectivity index (χ4n) is 2.00. The van der Waals surface area contributed by atoms with E-state index in [0.29, 0.717) is 18.9 Å². The average Bonchev–Trinajstić information content (AvgIpc) is 2.02. The minimum atomic E-state index is -1.30. The lowest BCUT2D eigenvalue weighted by atomic mass is 9.92. The minimum absolute atomic E-state index is 0.389. The molecular formula is C10H20N2O2. The number of primary amides is 1. The van der Waals surface area contributed by atoms with E-state index < -0.39 is 11.5 Å². The van der Waals surface area contributed by atoms with E-state index in [9.17, 15) is 9.90 Å². The molecule has 1 saturated heterocycles. The molecule has 0 radical (unpaired) electrons. The summed E-state index contributed by atoms with van der Waals surface area (Å²) >= 11 is 0. The van der Waals surface area contributed by atoms with Crippen molar-refractivity contribution in [1.82, 2.24) is 4.90 Å². The molecule has 0 aliphatic carbocycles. The molecule has 1 amide bonds. The number of hydrogen-bond donors (Lipinski definition) is 2. The lowest BCUT2D eigenvalue weighted by Crippen LogP contribution is -2.56. The second-order valence-corrected chi connectivity index (χ2v) is 4.63. The van der Waals surface area contributed by atoms with Crippen molar-refractivity contribution in [3.05, 3.63) is 0 Å². The van der Waals surface area contributed by atoms with E-state index in [0.717, 1.165) is 19.5 Å². The molecule has 1 rings (SSSR count). The van der Waals surface area contributed by atoms with Gasteiger partial charge in [-0.05, 0) is 25.3 Å². The van der Waals surface area contributed by atoms with Crippen molar-refractivity contribution in [3.63, 3.8) is 0 Å². The Labute approximate surface area is 85.1 Å². The van der Waals surface area contributed by atoms with E-state index in [2.05, 4.69) is 18.7 Å². The van der Waals surface area contributed by atoms with Gasteiger partial charge in [0.2, 0.25) is 0 Å². The summed E-state index contributed by atoms with van der Waals surface area (Å²) in [7, 11) is 0. The number of nitrogens with two attached hydrogens (primary N) is 1. The Hall–Kier alpha value is -0.610. The van der Waals surface area contributed by atoms with Crippen LogP contribution >= 0.6 is 0 Å². The van der Waals surface area contributed by atoms with Crippen LogP contribution in [0.2, 0.25) is 0 Å². The Bertz CT molecular complexity index is 218. The van der Waals surface area contributed by atoms with Crippen LogP contribution in [0, 0.1) is 5.92 Å². The number of β-amino-alcohol motifs (C(OH)–C–C–N with tert-alkyl or cyclic N) is 1. The van der Waals surface area contributed by atoms with Crippen molar-refractivity contribution in [2.24, 2.45) is 11.7 Å². The van der Waals surface area contributed by atoms with E-state index in [1.807, 2.05) is 0 Å². The Morgan fingerprint density at radius 1 is 1.64 bits per heavy atom. The normalized spacial score (nSPS) is 29.4. The molecule has 0 spiro atoms. The number of carbonyl (C=O) groups excluding carboxylic acids is 1. The predicted molar refractivity (Wildman–Crippen MR) is 54.7 cm³/mol. The van der Waals surface area contributed by atoms with Gasteiger partial charge in [0.15, 0.2) is 5.60 Å². The molecule has 1 fully saturated rings. The molecule has 3 N–H and O–H groups in total.